The van der Waals surface area contributed by atoms with Crippen LogP contribution in [-0.4, -0.2) is 66.5 Å². The highest BCUT2D eigenvalue weighted by atomic mass is 28.3. The summed E-state index contributed by atoms with van der Waals surface area (Å²) in [5.41, 5.74) is 0. The molecule has 7 nitrogen and oxygen atoms in total. The number of hydrogen-bond donors (Lipinski definition) is 1. The lowest BCUT2D eigenvalue weighted by molar-refractivity contribution is -0.165. The van der Waals surface area contributed by atoms with Crippen LogP contribution in [0.1, 0.15) is 48.0 Å². The molecule has 0 saturated carbocycles. The molecule has 0 radical (unpaired) electrons. The van der Waals surface area contributed by atoms with Crippen LogP contribution in [0.4, 0.5) is 4.79 Å². The molecule has 1 N–H and O–H groups in total. The van der Waals surface area contributed by atoms with Gasteiger partial charge >= 0.3 is 12.1 Å². The predicted octanol–water partition coefficient (Wildman–Crippen LogP) is 3.41. The normalized spacial score (nSPS) is 23.0. The van der Waals surface area contributed by atoms with Crippen molar-refractivity contribution < 1.29 is 24.2 Å². The van der Waals surface area contributed by atoms with Crippen molar-refractivity contribution in [1.82, 2.24) is 9.47 Å². The van der Waals surface area contributed by atoms with Crippen LogP contribution in [0, 0.1) is 11.8 Å². The molecule has 2 saturated heterocycles. The minimum Gasteiger partial charge on any atom is -0.480 e. The number of carbonyl (C=O) groups is 3. The maximum atomic E-state index is 12.8. The summed E-state index contributed by atoms with van der Waals surface area (Å²) in [5, 5.41) is 9.58. The van der Waals surface area contributed by atoms with Crippen molar-refractivity contribution in [3.8, 4) is 0 Å². The Morgan fingerprint density at radius 2 is 1.74 bits per heavy atom. The van der Waals surface area contributed by atoms with Crippen LogP contribution >= 0.6 is 0 Å². The molecule has 2 atom stereocenters. The monoisotopic (exact) mass is 400 g/mol. The Balaban J connectivity index is 0.00000176. The van der Waals surface area contributed by atoms with Crippen molar-refractivity contribution in [1.29, 1.82) is 0 Å². The van der Waals surface area contributed by atoms with Gasteiger partial charge in [-0.1, -0.05) is 47.7 Å². The van der Waals surface area contributed by atoms with E-state index >= 15 is 0 Å². The minimum atomic E-state index is -2.22. The Bertz CT molecular complexity index is 567. The van der Waals surface area contributed by atoms with Crippen LogP contribution < -0.4 is 0 Å². The maximum absolute atomic E-state index is 12.8. The van der Waals surface area contributed by atoms with Crippen LogP contribution in [0.2, 0.25) is 18.1 Å². The summed E-state index contributed by atoms with van der Waals surface area (Å²) in [6.45, 7) is 17.5. The van der Waals surface area contributed by atoms with Gasteiger partial charge in [-0.3, -0.25) is 4.79 Å². The number of ether oxygens (including phenoxy) is 1. The number of hydrogen-bond acceptors (Lipinski definition) is 4. The van der Waals surface area contributed by atoms with Crippen LogP contribution in [0.25, 0.3) is 0 Å². The Morgan fingerprint density at radius 3 is 2.15 bits per heavy atom. The average Bonchev–Trinajstić information content (AvgIpc) is 2.51. The fourth-order valence-electron chi connectivity index (χ4n) is 3.49. The third kappa shape index (κ3) is 4.47. The van der Waals surface area contributed by atoms with Gasteiger partial charge in [-0.05, 0) is 24.3 Å². The smallest absolute Gasteiger partial charge is 0.409 e. The lowest BCUT2D eigenvalue weighted by Crippen LogP contribution is -2.75. The second kappa shape index (κ2) is 8.62. The number of rotatable bonds is 5. The molecule has 2 aliphatic heterocycles. The van der Waals surface area contributed by atoms with Gasteiger partial charge in [-0.25, -0.2) is 9.59 Å². The predicted molar refractivity (Wildman–Crippen MR) is 107 cm³/mol. The Hall–Kier alpha value is -1.57. The van der Waals surface area contributed by atoms with E-state index in [1.165, 1.54) is 0 Å². The number of amides is 2. The first-order valence-electron chi connectivity index (χ1n) is 9.89. The van der Waals surface area contributed by atoms with E-state index in [9.17, 15) is 19.5 Å². The van der Waals surface area contributed by atoms with Crippen molar-refractivity contribution in [3.05, 3.63) is 0 Å². The number of nitrogens with zero attached hydrogens (tertiary/aromatic N) is 2. The highest BCUT2D eigenvalue weighted by Gasteiger charge is 2.60. The third-order valence-corrected chi connectivity index (χ3v) is 11.3. The zero-order chi connectivity index (χ0) is 21.2. The van der Waals surface area contributed by atoms with E-state index in [1.807, 2.05) is 13.8 Å². The van der Waals surface area contributed by atoms with Gasteiger partial charge in [0.1, 0.15) is 6.04 Å². The summed E-state index contributed by atoms with van der Waals surface area (Å²) in [6.07, 6.45) is 0.188. The molecule has 0 aromatic rings. The molecule has 2 aliphatic rings. The Kier molecular flexibility index (Phi) is 7.50. The van der Waals surface area contributed by atoms with Crippen molar-refractivity contribution in [3.63, 3.8) is 0 Å². The summed E-state index contributed by atoms with van der Waals surface area (Å²) in [6, 6.07) is -0.731. The summed E-state index contributed by atoms with van der Waals surface area (Å²) in [7, 11) is -2.22. The van der Waals surface area contributed by atoms with Gasteiger partial charge in [-0.2, -0.15) is 0 Å². The summed E-state index contributed by atoms with van der Waals surface area (Å²) >= 11 is 0. The fraction of sp³-hybridized carbons (Fsp3) is 0.842. The largest absolute Gasteiger partial charge is 0.480 e. The topological polar surface area (TPSA) is 87.2 Å². The molecule has 1 unspecified atom stereocenters. The fourth-order valence-corrected chi connectivity index (χ4v) is 5.91. The molecule has 0 aromatic carbocycles. The number of carboxylic acid groups (broad SMARTS) is 1. The first-order chi connectivity index (χ1) is 12.4. The number of carboxylic acids is 1. The first-order valence-corrected chi connectivity index (χ1v) is 12.8. The van der Waals surface area contributed by atoms with Gasteiger partial charge in [0.05, 0.1) is 12.5 Å². The molecular formula is C19H36N2O5Si. The standard InChI is InChI=1S/C17H30N2O5Si.C2H6/c1-7-24-16(23)18-9-11(10-18)8-12-13(15(21)22)19(14(12)20)25(5,6)17(2,3)4;1-2/h11-13H,7-10H2,1-6H3,(H,21,22);1-2H3/t12-,13?;/m1./s1. The molecule has 8 heteroatoms. The van der Waals surface area contributed by atoms with E-state index in [2.05, 4.69) is 33.9 Å². The van der Waals surface area contributed by atoms with Gasteiger partial charge in [0.25, 0.3) is 0 Å². The van der Waals surface area contributed by atoms with Crippen LogP contribution in [0.3, 0.4) is 0 Å². The molecule has 27 heavy (non-hydrogen) atoms. The highest BCUT2D eigenvalue weighted by Crippen LogP contribution is 2.46. The summed E-state index contributed by atoms with van der Waals surface area (Å²) in [5.74, 6) is -1.26. The minimum absolute atomic E-state index is 0.0337. The van der Waals surface area contributed by atoms with Crippen molar-refractivity contribution in [2.24, 2.45) is 11.8 Å². The van der Waals surface area contributed by atoms with Gasteiger partial charge in [0, 0.05) is 13.1 Å². The van der Waals surface area contributed by atoms with E-state index in [-0.39, 0.29) is 23.0 Å². The van der Waals surface area contributed by atoms with Gasteiger partial charge < -0.3 is 19.3 Å². The van der Waals surface area contributed by atoms with E-state index in [4.69, 9.17) is 4.74 Å². The second-order valence-corrected chi connectivity index (χ2v) is 13.7. The molecule has 0 spiro atoms. The number of aliphatic carboxylic acids is 1. The average molecular weight is 401 g/mol. The first kappa shape index (κ1) is 23.5. The van der Waals surface area contributed by atoms with Crippen LogP contribution in [-0.2, 0) is 14.3 Å². The highest BCUT2D eigenvalue weighted by molar-refractivity contribution is 6.80. The van der Waals surface area contributed by atoms with Gasteiger partial charge in [-0.15, -0.1) is 0 Å². The Labute approximate surface area is 164 Å². The molecule has 0 bridgehead atoms. The summed E-state index contributed by atoms with van der Waals surface area (Å²) in [4.78, 5) is 37.8. The van der Waals surface area contributed by atoms with E-state index in [0.717, 1.165) is 0 Å². The molecule has 0 aliphatic carbocycles. The lowest BCUT2D eigenvalue weighted by atomic mass is 9.80. The number of β-lactam (4-membered cyclic amide) rings is 1. The van der Waals surface area contributed by atoms with Crippen molar-refractivity contribution >= 4 is 26.2 Å². The zero-order valence-corrected chi connectivity index (χ0v) is 19.0. The quantitative estimate of drug-likeness (QED) is 0.564. The second-order valence-electron chi connectivity index (χ2n) is 8.61. The zero-order valence-electron chi connectivity index (χ0n) is 18.0. The van der Waals surface area contributed by atoms with Gasteiger partial charge in [0.2, 0.25) is 5.91 Å². The van der Waals surface area contributed by atoms with E-state index in [1.54, 1.807) is 16.4 Å². The molecule has 156 valence electrons. The molecule has 2 heterocycles. The number of carbonyl (C=O) groups excluding carboxylic acids is 2. The lowest BCUT2D eigenvalue weighted by Gasteiger charge is -2.57. The molecule has 2 amide bonds. The van der Waals surface area contributed by atoms with Crippen molar-refractivity contribution in [2.75, 3.05) is 19.7 Å². The molecular weight excluding hydrogens is 364 g/mol. The van der Waals surface area contributed by atoms with Crippen LogP contribution in [0.5, 0.6) is 0 Å². The maximum Gasteiger partial charge on any atom is 0.409 e. The van der Waals surface area contributed by atoms with Crippen LogP contribution in [0.15, 0.2) is 0 Å². The van der Waals surface area contributed by atoms with Gasteiger partial charge in [0.15, 0.2) is 8.24 Å². The van der Waals surface area contributed by atoms with E-state index < -0.39 is 26.2 Å². The Morgan fingerprint density at radius 1 is 1.22 bits per heavy atom. The van der Waals surface area contributed by atoms with Crippen molar-refractivity contribution in [2.45, 2.75) is 72.1 Å². The molecule has 2 fully saturated rings. The number of likely N-dealkylation sites (tertiary alicyclic amines) is 1. The third-order valence-electron chi connectivity index (χ3n) is 5.98. The molecule has 0 aromatic heterocycles. The SMILES string of the molecule is CC.CCOC(=O)N1CC(C[C@H]2C(=O)N([Si](C)(C)C(C)(C)C)C2C(=O)O)C1. The van der Waals surface area contributed by atoms with E-state index in [0.29, 0.717) is 26.1 Å². The molecule has 2 rings (SSSR count). The summed E-state index contributed by atoms with van der Waals surface area (Å²) < 4.78 is 6.61.